The van der Waals surface area contributed by atoms with Crippen LogP contribution in [0.15, 0.2) is 45.3 Å². The summed E-state index contributed by atoms with van der Waals surface area (Å²) in [5.41, 5.74) is 2.25. The Bertz CT molecular complexity index is 895. The minimum absolute atomic E-state index is 0.0872. The molecule has 2 heterocycles. The van der Waals surface area contributed by atoms with Gasteiger partial charge in [-0.05, 0) is 32.9 Å². The maximum absolute atomic E-state index is 12.7. The van der Waals surface area contributed by atoms with E-state index in [1.807, 2.05) is 37.3 Å². The van der Waals surface area contributed by atoms with Crippen molar-refractivity contribution in [3.05, 3.63) is 51.9 Å². The van der Waals surface area contributed by atoms with Crippen molar-refractivity contribution in [2.75, 3.05) is 0 Å². The van der Waals surface area contributed by atoms with Gasteiger partial charge in [0.25, 0.3) is 5.56 Å². The molecule has 24 heavy (non-hydrogen) atoms. The fourth-order valence-corrected chi connectivity index (χ4v) is 3.16. The Kier molecular flexibility index (Phi) is 4.39. The largest absolute Gasteiger partial charge is 0.303 e. The maximum Gasteiger partial charge on any atom is 0.280 e. The van der Waals surface area contributed by atoms with Crippen LogP contribution in [0.5, 0.6) is 0 Å². The van der Waals surface area contributed by atoms with Crippen LogP contribution in [0.1, 0.15) is 25.1 Å². The second kappa shape index (κ2) is 6.48. The van der Waals surface area contributed by atoms with E-state index in [-0.39, 0.29) is 16.7 Å². The van der Waals surface area contributed by atoms with Crippen LogP contribution in [-0.2, 0) is 4.79 Å². The zero-order valence-corrected chi connectivity index (χ0v) is 14.3. The number of nitrogens with zero attached hydrogens (tertiary/aromatic N) is 3. The zero-order valence-electron chi connectivity index (χ0n) is 13.5. The minimum Gasteiger partial charge on any atom is -0.303 e. The Morgan fingerprint density at radius 1 is 1.25 bits per heavy atom. The van der Waals surface area contributed by atoms with Crippen molar-refractivity contribution in [3.8, 4) is 5.69 Å². The van der Waals surface area contributed by atoms with Crippen LogP contribution in [0, 0.1) is 6.92 Å². The molecule has 2 N–H and O–H groups in total. The second-order valence-corrected chi connectivity index (χ2v) is 6.76. The molecule has 0 unspecified atom stereocenters. The van der Waals surface area contributed by atoms with Gasteiger partial charge < -0.3 is 5.32 Å². The number of para-hydroxylation sites is 1. The van der Waals surface area contributed by atoms with Gasteiger partial charge in [-0.15, -0.1) is 5.10 Å². The quantitative estimate of drug-likeness (QED) is 0.657. The molecule has 0 spiro atoms. The van der Waals surface area contributed by atoms with Crippen LogP contribution in [0.3, 0.4) is 0 Å². The molecule has 7 nitrogen and oxygen atoms in total. The molecule has 1 fully saturated rings. The van der Waals surface area contributed by atoms with E-state index in [4.69, 9.17) is 0 Å². The number of rotatable bonds is 3. The first-order valence-corrected chi connectivity index (χ1v) is 8.32. The zero-order chi connectivity index (χ0) is 17.3. The number of nitrogens with one attached hydrogen (secondary N) is 2. The summed E-state index contributed by atoms with van der Waals surface area (Å²) in [7, 11) is 0. The number of amidine groups is 1. The van der Waals surface area contributed by atoms with Gasteiger partial charge in [0.2, 0.25) is 5.91 Å². The Morgan fingerprint density at radius 2 is 1.96 bits per heavy atom. The molecule has 1 aliphatic heterocycles. The van der Waals surface area contributed by atoms with Gasteiger partial charge in [0.1, 0.15) is 0 Å². The highest BCUT2D eigenvalue weighted by molar-refractivity contribution is 8.15. The third-order valence-corrected chi connectivity index (χ3v) is 4.60. The molecule has 8 heteroatoms. The van der Waals surface area contributed by atoms with E-state index in [0.717, 1.165) is 5.69 Å². The van der Waals surface area contributed by atoms with Crippen LogP contribution >= 0.6 is 11.8 Å². The molecule has 124 valence electrons. The van der Waals surface area contributed by atoms with Gasteiger partial charge in [-0.3, -0.25) is 14.7 Å². The second-order valence-electron chi connectivity index (χ2n) is 5.43. The number of aryl methyl sites for hydroxylation is 1. The molecule has 1 aromatic carbocycles. The van der Waals surface area contributed by atoms with Crippen LogP contribution in [-0.4, -0.2) is 31.8 Å². The Hall–Kier alpha value is -2.61. The van der Waals surface area contributed by atoms with E-state index in [0.29, 0.717) is 22.1 Å². The maximum atomic E-state index is 12.7. The summed E-state index contributed by atoms with van der Waals surface area (Å²) in [5, 5.41) is 14.1. The highest BCUT2D eigenvalue weighted by Crippen LogP contribution is 2.18. The molecule has 1 amide bonds. The van der Waals surface area contributed by atoms with Crippen LogP contribution in [0.25, 0.3) is 5.69 Å². The normalized spacial score (nSPS) is 19.8. The number of aromatic amines is 1. The number of aromatic nitrogens is 2. The van der Waals surface area contributed by atoms with Crippen molar-refractivity contribution < 1.29 is 4.79 Å². The predicted molar refractivity (Wildman–Crippen MR) is 96.0 cm³/mol. The lowest BCUT2D eigenvalue weighted by Crippen LogP contribution is -2.23. The first-order valence-electron chi connectivity index (χ1n) is 7.44. The SMILES string of the molecule is C/C(=N\N=C1\NC(=O)[C@@H](C)S1)c1c(C)[nH]n(-c2ccccc2)c1=O. The third kappa shape index (κ3) is 3.05. The van der Waals surface area contributed by atoms with Crippen molar-refractivity contribution in [1.29, 1.82) is 0 Å². The molecule has 0 aliphatic carbocycles. The molecular formula is C16H17N5O2S. The monoisotopic (exact) mass is 343 g/mol. The van der Waals surface area contributed by atoms with Gasteiger partial charge in [0.15, 0.2) is 5.17 Å². The summed E-state index contributed by atoms with van der Waals surface area (Å²) >= 11 is 1.31. The molecule has 2 aromatic rings. The Balaban J connectivity index is 1.94. The summed E-state index contributed by atoms with van der Waals surface area (Å²) in [6.45, 7) is 5.34. The third-order valence-electron chi connectivity index (χ3n) is 3.63. The molecule has 0 saturated carbocycles. The fourth-order valence-electron chi connectivity index (χ4n) is 2.41. The number of carbonyl (C=O) groups excluding carboxylic acids is 1. The molecule has 1 saturated heterocycles. The molecular weight excluding hydrogens is 326 g/mol. The van der Waals surface area contributed by atoms with E-state index in [1.54, 1.807) is 13.8 Å². The van der Waals surface area contributed by atoms with E-state index in [2.05, 4.69) is 20.6 Å². The molecule has 0 radical (unpaired) electrons. The minimum atomic E-state index is -0.184. The summed E-state index contributed by atoms with van der Waals surface area (Å²) in [4.78, 5) is 24.1. The van der Waals surface area contributed by atoms with Crippen LogP contribution in [0.4, 0.5) is 0 Å². The molecule has 1 aliphatic rings. The highest BCUT2D eigenvalue weighted by atomic mass is 32.2. The number of hydrogen-bond donors (Lipinski definition) is 2. The first-order chi connectivity index (χ1) is 11.5. The van der Waals surface area contributed by atoms with Gasteiger partial charge >= 0.3 is 0 Å². The number of H-pyrrole nitrogens is 1. The fraction of sp³-hybridized carbons (Fsp3) is 0.250. The van der Waals surface area contributed by atoms with Gasteiger partial charge in [-0.1, -0.05) is 30.0 Å². The van der Waals surface area contributed by atoms with Crippen molar-refractivity contribution in [1.82, 2.24) is 15.1 Å². The number of hydrogen-bond acceptors (Lipinski definition) is 5. The number of benzene rings is 1. The molecule has 1 atom stereocenters. The first kappa shape index (κ1) is 16.3. The smallest absolute Gasteiger partial charge is 0.280 e. The topological polar surface area (TPSA) is 91.6 Å². The van der Waals surface area contributed by atoms with Crippen molar-refractivity contribution in [3.63, 3.8) is 0 Å². The Morgan fingerprint density at radius 3 is 2.58 bits per heavy atom. The summed E-state index contributed by atoms with van der Waals surface area (Å²) in [5.74, 6) is -0.0872. The lowest BCUT2D eigenvalue weighted by Gasteiger charge is -1.99. The van der Waals surface area contributed by atoms with E-state index >= 15 is 0 Å². The van der Waals surface area contributed by atoms with Gasteiger partial charge in [-0.25, -0.2) is 4.68 Å². The number of amides is 1. The predicted octanol–water partition coefficient (Wildman–Crippen LogP) is 1.81. The number of thioether (sulfide) groups is 1. The molecule has 1 aromatic heterocycles. The van der Waals surface area contributed by atoms with Gasteiger partial charge in [0.05, 0.1) is 22.2 Å². The van der Waals surface area contributed by atoms with E-state index < -0.39 is 0 Å². The van der Waals surface area contributed by atoms with Crippen LogP contribution in [0.2, 0.25) is 0 Å². The van der Waals surface area contributed by atoms with E-state index in [9.17, 15) is 9.59 Å². The molecule has 3 rings (SSSR count). The lowest BCUT2D eigenvalue weighted by atomic mass is 10.2. The van der Waals surface area contributed by atoms with Gasteiger partial charge in [-0.2, -0.15) is 5.10 Å². The number of carbonyl (C=O) groups is 1. The standard InChI is InChI=1S/C16H17N5O2S/c1-9(18-19-16-17-14(22)11(3)24-16)13-10(2)20-21(15(13)23)12-7-5-4-6-8-12/h4-8,11,20H,1-3H3,(H,17,19,22)/b18-9+/t11-/m1/s1. The summed E-state index contributed by atoms with van der Waals surface area (Å²) in [6.07, 6.45) is 0. The van der Waals surface area contributed by atoms with Crippen molar-refractivity contribution in [2.45, 2.75) is 26.0 Å². The Labute approximate surface area is 142 Å². The lowest BCUT2D eigenvalue weighted by molar-refractivity contribution is -0.118. The van der Waals surface area contributed by atoms with Crippen molar-refractivity contribution >= 4 is 28.5 Å². The highest BCUT2D eigenvalue weighted by Gasteiger charge is 2.26. The molecule has 0 bridgehead atoms. The van der Waals surface area contributed by atoms with Crippen molar-refractivity contribution in [2.24, 2.45) is 10.2 Å². The van der Waals surface area contributed by atoms with Gasteiger partial charge in [0, 0.05) is 5.69 Å². The average Bonchev–Trinajstić information content (AvgIpc) is 3.05. The average molecular weight is 343 g/mol. The van der Waals surface area contributed by atoms with Crippen LogP contribution < -0.4 is 10.9 Å². The van der Waals surface area contributed by atoms with E-state index in [1.165, 1.54) is 16.4 Å². The summed E-state index contributed by atoms with van der Waals surface area (Å²) in [6, 6.07) is 9.32. The summed E-state index contributed by atoms with van der Waals surface area (Å²) < 4.78 is 1.48.